The van der Waals surface area contributed by atoms with Gasteiger partial charge in [-0.2, -0.15) is 0 Å². The standard InChI is InChI=1S/C12H20O2/c1-3-5-8-12(14-4-2)9-6-11(13)7-10-12/h6-7,9,13H,3-5,8,10H2,1-2H3. The van der Waals surface area contributed by atoms with Crippen LogP contribution in [0.25, 0.3) is 0 Å². The van der Waals surface area contributed by atoms with E-state index < -0.39 is 0 Å². The minimum absolute atomic E-state index is 0.156. The number of rotatable bonds is 5. The second kappa shape index (κ2) is 5.20. The summed E-state index contributed by atoms with van der Waals surface area (Å²) in [5.74, 6) is 0.358. The summed E-state index contributed by atoms with van der Waals surface area (Å²) >= 11 is 0. The fourth-order valence-electron chi connectivity index (χ4n) is 1.78. The molecule has 2 heteroatoms. The van der Waals surface area contributed by atoms with Gasteiger partial charge in [0.25, 0.3) is 0 Å². The van der Waals surface area contributed by atoms with Crippen LogP contribution in [0.5, 0.6) is 0 Å². The van der Waals surface area contributed by atoms with Gasteiger partial charge in [-0.25, -0.2) is 0 Å². The van der Waals surface area contributed by atoms with Gasteiger partial charge in [0.2, 0.25) is 0 Å². The van der Waals surface area contributed by atoms with Crippen LogP contribution >= 0.6 is 0 Å². The lowest BCUT2D eigenvalue weighted by Gasteiger charge is -2.31. The molecule has 1 N–H and O–H groups in total. The molecule has 1 rings (SSSR count). The predicted molar refractivity (Wildman–Crippen MR) is 58.4 cm³/mol. The van der Waals surface area contributed by atoms with E-state index in [4.69, 9.17) is 4.74 Å². The summed E-state index contributed by atoms with van der Waals surface area (Å²) in [5.41, 5.74) is -0.156. The smallest absolute Gasteiger partial charge is 0.111 e. The molecule has 1 atom stereocenters. The number of aliphatic hydroxyl groups excluding tert-OH is 1. The molecule has 14 heavy (non-hydrogen) atoms. The topological polar surface area (TPSA) is 29.5 Å². The maximum absolute atomic E-state index is 9.25. The Hall–Kier alpha value is -0.760. The van der Waals surface area contributed by atoms with Gasteiger partial charge in [0.1, 0.15) is 5.76 Å². The van der Waals surface area contributed by atoms with Crippen molar-refractivity contribution in [3.05, 3.63) is 24.0 Å². The van der Waals surface area contributed by atoms with Crippen molar-refractivity contribution in [2.75, 3.05) is 6.61 Å². The Bertz CT molecular complexity index is 230. The van der Waals surface area contributed by atoms with Crippen molar-refractivity contribution in [3.63, 3.8) is 0 Å². The molecule has 0 saturated heterocycles. The minimum atomic E-state index is -0.156. The van der Waals surface area contributed by atoms with Gasteiger partial charge < -0.3 is 9.84 Å². The number of aliphatic hydroxyl groups is 1. The van der Waals surface area contributed by atoms with Gasteiger partial charge in [-0.1, -0.05) is 19.8 Å². The first kappa shape index (κ1) is 11.3. The lowest BCUT2D eigenvalue weighted by molar-refractivity contribution is -0.00829. The molecule has 1 unspecified atom stereocenters. The van der Waals surface area contributed by atoms with Crippen LogP contribution in [0.1, 0.15) is 39.5 Å². The Kier molecular flexibility index (Phi) is 4.21. The largest absolute Gasteiger partial charge is 0.508 e. The fraction of sp³-hybridized carbons (Fsp3) is 0.667. The lowest BCUT2D eigenvalue weighted by atomic mass is 9.89. The van der Waals surface area contributed by atoms with Gasteiger partial charge in [0.15, 0.2) is 0 Å². The van der Waals surface area contributed by atoms with E-state index in [0.29, 0.717) is 5.76 Å². The van der Waals surface area contributed by atoms with Crippen LogP contribution in [0.2, 0.25) is 0 Å². The molecule has 1 aliphatic rings. The molecule has 0 radical (unpaired) electrons. The SMILES string of the molecule is CCCCC1(OCC)C=CC(O)=CC1. The second-order valence-corrected chi connectivity index (χ2v) is 3.77. The Balaban J connectivity index is 2.60. The number of unbranched alkanes of at least 4 members (excludes halogenated alkanes) is 1. The Morgan fingerprint density at radius 2 is 2.29 bits per heavy atom. The van der Waals surface area contributed by atoms with E-state index in [1.807, 2.05) is 19.1 Å². The average Bonchev–Trinajstić information content (AvgIpc) is 2.20. The highest BCUT2D eigenvalue weighted by Crippen LogP contribution is 2.29. The van der Waals surface area contributed by atoms with E-state index in [1.54, 1.807) is 6.08 Å². The minimum Gasteiger partial charge on any atom is -0.508 e. The molecular formula is C12H20O2. The lowest BCUT2D eigenvalue weighted by Crippen LogP contribution is -2.31. The van der Waals surface area contributed by atoms with Crippen LogP contribution in [0.4, 0.5) is 0 Å². The van der Waals surface area contributed by atoms with E-state index >= 15 is 0 Å². The van der Waals surface area contributed by atoms with Crippen molar-refractivity contribution < 1.29 is 9.84 Å². The number of ether oxygens (including phenoxy) is 1. The van der Waals surface area contributed by atoms with E-state index in [0.717, 1.165) is 19.4 Å². The van der Waals surface area contributed by atoms with E-state index in [2.05, 4.69) is 6.92 Å². The number of allylic oxidation sites excluding steroid dienone is 1. The molecular weight excluding hydrogens is 176 g/mol. The molecule has 0 aromatic heterocycles. The molecule has 80 valence electrons. The predicted octanol–water partition coefficient (Wildman–Crippen LogP) is 3.35. The highest BCUT2D eigenvalue weighted by Gasteiger charge is 2.27. The zero-order chi connectivity index (χ0) is 10.4. The van der Waals surface area contributed by atoms with Crippen molar-refractivity contribution in [2.24, 2.45) is 0 Å². The summed E-state index contributed by atoms with van der Waals surface area (Å²) in [6.07, 6.45) is 9.76. The van der Waals surface area contributed by atoms with Gasteiger partial charge in [0, 0.05) is 13.0 Å². The third-order valence-electron chi connectivity index (χ3n) is 2.60. The average molecular weight is 196 g/mol. The van der Waals surface area contributed by atoms with Crippen molar-refractivity contribution in [3.8, 4) is 0 Å². The molecule has 0 saturated carbocycles. The number of hydrogen-bond acceptors (Lipinski definition) is 2. The van der Waals surface area contributed by atoms with Crippen LogP contribution in [0, 0.1) is 0 Å². The van der Waals surface area contributed by atoms with Crippen LogP contribution in [0.15, 0.2) is 24.0 Å². The van der Waals surface area contributed by atoms with Crippen LogP contribution in [0.3, 0.4) is 0 Å². The summed E-state index contributed by atoms with van der Waals surface area (Å²) in [6, 6.07) is 0. The van der Waals surface area contributed by atoms with Gasteiger partial charge in [-0.15, -0.1) is 0 Å². The van der Waals surface area contributed by atoms with Crippen molar-refractivity contribution >= 4 is 0 Å². The van der Waals surface area contributed by atoms with Gasteiger partial charge in [-0.3, -0.25) is 0 Å². The van der Waals surface area contributed by atoms with Crippen LogP contribution in [-0.2, 0) is 4.74 Å². The zero-order valence-electron chi connectivity index (χ0n) is 9.12. The molecule has 0 bridgehead atoms. The normalized spacial score (nSPS) is 26.3. The highest BCUT2D eigenvalue weighted by atomic mass is 16.5. The maximum atomic E-state index is 9.25. The van der Waals surface area contributed by atoms with E-state index in [1.165, 1.54) is 12.8 Å². The molecule has 0 spiro atoms. The first-order chi connectivity index (χ1) is 6.72. The summed E-state index contributed by atoms with van der Waals surface area (Å²) in [6.45, 7) is 4.92. The van der Waals surface area contributed by atoms with Crippen LogP contribution in [-0.4, -0.2) is 17.3 Å². The van der Waals surface area contributed by atoms with Crippen LogP contribution < -0.4 is 0 Å². The van der Waals surface area contributed by atoms with Crippen molar-refractivity contribution in [2.45, 2.75) is 45.1 Å². The Morgan fingerprint density at radius 1 is 1.50 bits per heavy atom. The number of hydrogen-bond donors (Lipinski definition) is 1. The summed E-state index contributed by atoms with van der Waals surface area (Å²) < 4.78 is 5.78. The molecule has 0 fully saturated rings. The Labute approximate surface area is 86.3 Å². The van der Waals surface area contributed by atoms with E-state index in [-0.39, 0.29) is 5.60 Å². The molecule has 0 aliphatic heterocycles. The maximum Gasteiger partial charge on any atom is 0.111 e. The molecule has 0 amide bonds. The third kappa shape index (κ3) is 2.88. The van der Waals surface area contributed by atoms with Gasteiger partial charge in [-0.05, 0) is 31.6 Å². The summed E-state index contributed by atoms with van der Waals surface area (Å²) in [7, 11) is 0. The summed E-state index contributed by atoms with van der Waals surface area (Å²) in [5, 5.41) is 9.25. The van der Waals surface area contributed by atoms with E-state index in [9.17, 15) is 5.11 Å². The van der Waals surface area contributed by atoms with Gasteiger partial charge in [0.05, 0.1) is 5.60 Å². The van der Waals surface area contributed by atoms with Crippen molar-refractivity contribution in [1.82, 2.24) is 0 Å². The molecule has 2 nitrogen and oxygen atoms in total. The summed E-state index contributed by atoms with van der Waals surface area (Å²) in [4.78, 5) is 0. The van der Waals surface area contributed by atoms with Crippen molar-refractivity contribution in [1.29, 1.82) is 0 Å². The fourth-order valence-corrected chi connectivity index (χ4v) is 1.78. The highest BCUT2D eigenvalue weighted by molar-refractivity contribution is 5.22. The second-order valence-electron chi connectivity index (χ2n) is 3.77. The molecule has 0 aromatic rings. The molecule has 1 aliphatic carbocycles. The van der Waals surface area contributed by atoms with Gasteiger partial charge >= 0.3 is 0 Å². The quantitative estimate of drug-likeness (QED) is 0.730. The molecule has 0 aromatic carbocycles. The molecule has 0 heterocycles. The Morgan fingerprint density at radius 3 is 2.79 bits per heavy atom. The monoisotopic (exact) mass is 196 g/mol. The first-order valence-corrected chi connectivity index (χ1v) is 5.45. The first-order valence-electron chi connectivity index (χ1n) is 5.45. The zero-order valence-corrected chi connectivity index (χ0v) is 9.12. The third-order valence-corrected chi connectivity index (χ3v) is 2.60.